The molecule has 1 saturated carbocycles. The second kappa shape index (κ2) is 9.08. The first-order valence-electron chi connectivity index (χ1n) is 9.90. The number of benzene rings is 2. The fourth-order valence-electron chi connectivity index (χ4n) is 4.01. The first-order chi connectivity index (χ1) is 12.3. The lowest BCUT2D eigenvalue weighted by Crippen LogP contribution is -2.12. The van der Waals surface area contributed by atoms with E-state index in [1.165, 1.54) is 47.9 Å². The Hall–Kier alpha value is -1.76. The van der Waals surface area contributed by atoms with E-state index in [9.17, 15) is 0 Å². The van der Waals surface area contributed by atoms with E-state index in [0.717, 1.165) is 24.6 Å². The standard InChI is InChI=1S/C24H30B/c1-3-4-5-6-19-7-9-20(10-8-19)21-11-13-22(14-12-21)23-15-17-24(25-2)18-16-23/h3-4,7-14,23-24H,5-6,15-18H2,1-2H3/b4-3+. The van der Waals surface area contributed by atoms with E-state index in [1.807, 2.05) is 0 Å². The van der Waals surface area contributed by atoms with Gasteiger partial charge in [-0.3, -0.25) is 0 Å². The Balaban J connectivity index is 1.62. The zero-order chi connectivity index (χ0) is 17.5. The minimum Gasteiger partial charge on any atom is -0.0917 e. The molecule has 0 atom stereocenters. The summed E-state index contributed by atoms with van der Waals surface area (Å²) in [6, 6.07) is 18.4. The van der Waals surface area contributed by atoms with Crippen LogP contribution < -0.4 is 0 Å². The van der Waals surface area contributed by atoms with Crippen LogP contribution in [0.1, 0.15) is 56.1 Å². The van der Waals surface area contributed by atoms with Crippen molar-refractivity contribution >= 4 is 7.28 Å². The highest BCUT2D eigenvalue weighted by Crippen LogP contribution is 2.38. The quantitative estimate of drug-likeness (QED) is 0.393. The van der Waals surface area contributed by atoms with Gasteiger partial charge in [0.15, 0.2) is 0 Å². The lowest BCUT2D eigenvalue weighted by atomic mass is 9.59. The van der Waals surface area contributed by atoms with E-state index in [-0.39, 0.29) is 0 Å². The molecule has 25 heavy (non-hydrogen) atoms. The summed E-state index contributed by atoms with van der Waals surface area (Å²) in [5.74, 6) is 1.61. The Morgan fingerprint density at radius 1 is 0.880 bits per heavy atom. The van der Waals surface area contributed by atoms with E-state index in [2.05, 4.69) is 81.7 Å². The van der Waals surface area contributed by atoms with Gasteiger partial charge in [-0.05, 0) is 60.8 Å². The maximum atomic E-state index is 2.39. The molecular formula is C24H30B. The molecule has 1 aliphatic rings. The Morgan fingerprint density at radius 2 is 1.48 bits per heavy atom. The van der Waals surface area contributed by atoms with Gasteiger partial charge in [-0.15, -0.1) is 0 Å². The van der Waals surface area contributed by atoms with Crippen LogP contribution in [-0.4, -0.2) is 7.28 Å². The summed E-state index contributed by atoms with van der Waals surface area (Å²) in [5.41, 5.74) is 5.61. The van der Waals surface area contributed by atoms with Crippen LogP contribution in [0.3, 0.4) is 0 Å². The third-order valence-corrected chi connectivity index (χ3v) is 5.75. The van der Waals surface area contributed by atoms with Crippen LogP contribution in [0.2, 0.25) is 12.6 Å². The molecule has 0 nitrogen and oxygen atoms in total. The van der Waals surface area contributed by atoms with E-state index in [1.54, 1.807) is 0 Å². The Kier molecular flexibility index (Phi) is 6.56. The summed E-state index contributed by atoms with van der Waals surface area (Å²) in [5, 5.41) is 0. The fourth-order valence-corrected chi connectivity index (χ4v) is 4.01. The predicted molar refractivity (Wildman–Crippen MR) is 112 cm³/mol. The highest BCUT2D eigenvalue weighted by Gasteiger charge is 2.21. The monoisotopic (exact) mass is 329 g/mol. The number of hydrogen-bond acceptors (Lipinski definition) is 0. The molecule has 0 saturated heterocycles. The summed E-state index contributed by atoms with van der Waals surface area (Å²) in [6.07, 6.45) is 12.0. The van der Waals surface area contributed by atoms with Crippen LogP contribution in [0.15, 0.2) is 60.7 Å². The van der Waals surface area contributed by atoms with Gasteiger partial charge in [0, 0.05) is 0 Å². The smallest absolute Gasteiger partial charge is 0.0917 e. The molecule has 3 rings (SSSR count). The van der Waals surface area contributed by atoms with Gasteiger partial charge in [0.25, 0.3) is 0 Å². The molecule has 0 N–H and O–H groups in total. The Bertz CT molecular complexity index is 658. The van der Waals surface area contributed by atoms with Gasteiger partial charge >= 0.3 is 0 Å². The molecule has 0 heterocycles. The fraction of sp³-hybridized carbons (Fsp3) is 0.417. The molecule has 1 aliphatic carbocycles. The maximum Gasteiger partial charge on any atom is 0.110 e. The van der Waals surface area contributed by atoms with E-state index < -0.39 is 0 Å². The molecular weight excluding hydrogens is 299 g/mol. The van der Waals surface area contributed by atoms with Crippen LogP contribution in [0.5, 0.6) is 0 Å². The first kappa shape index (κ1) is 18.0. The van der Waals surface area contributed by atoms with E-state index in [4.69, 9.17) is 0 Å². The van der Waals surface area contributed by atoms with E-state index >= 15 is 0 Å². The molecule has 0 unspecified atom stereocenters. The number of hydrogen-bond donors (Lipinski definition) is 0. The van der Waals surface area contributed by atoms with Crippen molar-refractivity contribution in [2.45, 2.75) is 64.0 Å². The second-order valence-corrected chi connectivity index (χ2v) is 7.37. The molecule has 0 amide bonds. The van der Waals surface area contributed by atoms with Crippen molar-refractivity contribution in [3.05, 3.63) is 71.8 Å². The lowest BCUT2D eigenvalue weighted by Gasteiger charge is -2.28. The molecule has 0 bridgehead atoms. The Labute approximate surface area is 154 Å². The molecule has 2 aromatic rings. The third kappa shape index (κ3) is 4.88. The zero-order valence-electron chi connectivity index (χ0n) is 15.7. The normalized spacial score (nSPS) is 20.7. The van der Waals surface area contributed by atoms with Gasteiger partial charge in [-0.25, -0.2) is 0 Å². The summed E-state index contributed by atoms with van der Waals surface area (Å²) in [7, 11) is 2.39. The van der Waals surface area contributed by atoms with Crippen molar-refractivity contribution in [2.75, 3.05) is 0 Å². The largest absolute Gasteiger partial charge is 0.110 e. The average Bonchev–Trinajstić information content (AvgIpc) is 2.69. The highest BCUT2D eigenvalue weighted by molar-refractivity contribution is 6.35. The van der Waals surface area contributed by atoms with Crippen LogP contribution in [0.25, 0.3) is 11.1 Å². The minimum absolute atomic E-state index is 0.763. The van der Waals surface area contributed by atoms with Crippen LogP contribution in [-0.2, 0) is 6.42 Å². The van der Waals surface area contributed by atoms with Crippen molar-refractivity contribution in [1.29, 1.82) is 0 Å². The molecule has 129 valence electrons. The summed E-state index contributed by atoms with van der Waals surface area (Å²) in [6.45, 7) is 4.30. The molecule has 0 spiro atoms. The molecule has 1 fully saturated rings. The molecule has 0 aromatic heterocycles. The van der Waals surface area contributed by atoms with Crippen molar-refractivity contribution in [1.82, 2.24) is 0 Å². The van der Waals surface area contributed by atoms with Gasteiger partial charge in [0.2, 0.25) is 0 Å². The van der Waals surface area contributed by atoms with Gasteiger partial charge in [0.05, 0.1) is 0 Å². The van der Waals surface area contributed by atoms with Gasteiger partial charge in [0.1, 0.15) is 7.28 Å². The van der Waals surface area contributed by atoms with Crippen molar-refractivity contribution < 1.29 is 0 Å². The zero-order valence-corrected chi connectivity index (χ0v) is 15.7. The summed E-state index contributed by atoms with van der Waals surface area (Å²) in [4.78, 5) is 0. The van der Waals surface area contributed by atoms with Crippen LogP contribution >= 0.6 is 0 Å². The second-order valence-electron chi connectivity index (χ2n) is 7.37. The molecule has 1 radical (unpaired) electrons. The van der Waals surface area contributed by atoms with Gasteiger partial charge < -0.3 is 0 Å². The average molecular weight is 329 g/mol. The summed E-state index contributed by atoms with van der Waals surface area (Å²) >= 11 is 0. The highest BCUT2D eigenvalue weighted by atomic mass is 14.2. The van der Waals surface area contributed by atoms with Crippen LogP contribution in [0.4, 0.5) is 0 Å². The molecule has 1 heteroatoms. The van der Waals surface area contributed by atoms with Gasteiger partial charge in [-0.1, -0.05) is 86.2 Å². The van der Waals surface area contributed by atoms with Crippen molar-refractivity contribution in [3.63, 3.8) is 0 Å². The molecule has 2 aromatic carbocycles. The lowest BCUT2D eigenvalue weighted by molar-refractivity contribution is 0.441. The topological polar surface area (TPSA) is 0 Å². The predicted octanol–water partition coefficient (Wildman–Crippen LogP) is 7.06. The summed E-state index contributed by atoms with van der Waals surface area (Å²) < 4.78 is 0. The van der Waals surface area contributed by atoms with Crippen LogP contribution in [0, 0.1) is 0 Å². The number of allylic oxidation sites excluding steroid dienone is 2. The van der Waals surface area contributed by atoms with Crippen molar-refractivity contribution in [3.8, 4) is 11.1 Å². The number of rotatable bonds is 6. The third-order valence-electron chi connectivity index (χ3n) is 5.75. The van der Waals surface area contributed by atoms with Gasteiger partial charge in [-0.2, -0.15) is 0 Å². The Morgan fingerprint density at radius 3 is 2.04 bits per heavy atom. The maximum absolute atomic E-state index is 2.39. The number of aryl methyl sites for hydroxylation is 1. The minimum atomic E-state index is 0.763. The SMILES string of the molecule is C[B]C1CCC(c2ccc(-c3ccc(CC/C=C/C)cc3)cc2)CC1. The first-order valence-corrected chi connectivity index (χ1v) is 9.90. The van der Waals surface area contributed by atoms with E-state index in [0.29, 0.717) is 0 Å². The molecule has 0 aliphatic heterocycles. The van der Waals surface area contributed by atoms with Crippen molar-refractivity contribution in [2.24, 2.45) is 0 Å².